The Morgan fingerprint density at radius 3 is 2.73 bits per heavy atom. The average Bonchev–Trinajstić information content (AvgIpc) is 2.99. The first kappa shape index (κ1) is 16.4. The van der Waals surface area contributed by atoms with Crippen LogP contribution in [0.5, 0.6) is 0 Å². The molecule has 2 aromatic rings. The van der Waals surface area contributed by atoms with Crippen LogP contribution in [-0.4, -0.2) is 31.6 Å². The number of amides is 2. The van der Waals surface area contributed by atoms with Crippen molar-refractivity contribution < 1.29 is 9.21 Å². The number of carbonyl (C=O) groups is 1. The van der Waals surface area contributed by atoms with Crippen LogP contribution >= 0.6 is 11.6 Å². The molecule has 0 radical (unpaired) electrons. The summed E-state index contributed by atoms with van der Waals surface area (Å²) in [6.45, 7) is 0.891. The maximum Gasteiger partial charge on any atom is 0.315 e. The first-order chi connectivity index (χ1) is 10.6. The number of nitrogens with one attached hydrogen (secondary N) is 2. The van der Waals surface area contributed by atoms with E-state index in [-0.39, 0.29) is 12.1 Å². The Labute approximate surface area is 135 Å². The SMILES string of the molecule is CN(C)C(CNC(=O)NCc1cccc(Cl)c1)c1ccco1. The molecule has 1 aromatic heterocycles. The molecule has 0 saturated carbocycles. The Balaban J connectivity index is 1.81. The molecule has 0 fully saturated rings. The zero-order valence-corrected chi connectivity index (χ0v) is 13.4. The van der Waals surface area contributed by atoms with Gasteiger partial charge in [0.15, 0.2) is 0 Å². The van der Waals surface area contributed by atoms with Crippen LogP contribution < -0.4 is 10.6 Å². The fraction of sp³-hybridized carbons (Fsp3) is 0.312. The summed E-state index contributed by atoms with van der Waals surface area (Å²) in [5.41, 5.74) is 0.956. The molecule has 0 saturated heterocycles. The van der Waals surface area contributed by atoms with Crippen molar-refractivity contribution in [2.45, 2.75) is 12.6 Å². The van der Waals surface area contributed by atoms with Crippen molar-refractivity contribution in [2.75, 3.05) is 20.6 Å². The van der Waals surface area contributed by atoms with Gasteiger partial charge >= 0.3 is 6.03 Å². The lowest BCUT2D eigenvalue weighted by Gasteiger charge is -2.22. The average molecular weight is 322 g/mol. The minimum absolute atomic E-state index is 0.00748. The summed E-state index contributed by atoms with van der Waals surface area (Å²) in [6, 6.07) is 10.9. The number of urea groups is 1. The molecule has 6 heteroatoms. The highest BCUT2D eigenvalue weighted by molar-refractivity contribution is 6.30. The van der Waals surface area contributed by atoms with E-state index in [0.717, 1.165) is 11.3 Å². The predicted octanol–water partition coefficient (Wildman–Crippen LogP) is 3.04. The molecule has 0 aliphatic carbocycles. The van der Waals surface area contributed by atoms with Crippen LogP contribution in [0.2, 0.25) is 5.02 Å². The molecule has 1 heterocycles. The summed E-state index contributed by atoms with van der Waals surface area (Å²) in [6.07, 6.45) is 1.63. The lowest BCUT2D eigenvalue weighted by atomic mass is 10.2. The second-order valence-corrected chi connectivity index (χ2v) is 5.62. The lowest BCUT2D eigenvalue weighted by molar-refractivity contribution is 0.225. The van der Waals surface area contributed by atoms with Crippen molar-refractivity contribution in [1.29, 1.82) is 0 Å². The molecule has 0 aliphatic heterocycles. The van der Waals surface area contributed by atoms with Gasteiger partial charge in [0.1, 0.15) is 5.76 Å². The molecule has 0 aliphatic rings. The number of rotatable bonds is 6. The summed E-state index contributed by atoms with van der Waals surface area (Å²) in [5.74, 6) is 0.820. The van der Waals surface area contributed by atoms with Gasteiger partial charge in [-0.25, -0.2) is 4.79 Å². The summed E-state index contributed by atoms with van der Waals surface area (Å²) in [7, 11) is 3.89. The zero-order valence-electron chi connectivity index (χ0n) is 12.7. The van der Waals surface area contributed by atoms with E-state index in [2.05, 4.69) is 10.6 Å². The van der Waals surface area contributed by atoms with E-state index in [1.165, 1.54) is 0 Å². The van der Waals surface area contributed by atoms with Crippen molar-refractivity contribution in [2.24, 2.45) is 0 Å². The Kier molecular flexibility index (Phi) is 5.86. The fourth-order valence-corrected chi connectivity index (χ4v) is 2.31. The van der Waals surface area contributed by atoms with Gasteiger partial charge in [-0.1, -0.05) is 23.7 Å². The molecule has 118 valence electrons. The minimum Gasteiger partial charge on any atom is -0.468 e. The maximum absolute atomic E-state index is 11.9. The molecule has 1 aromatic carbocycles. The number of furan rings is 1. The number of halogens is 1. The Bertz CT molecular complexity index is 599. The van der Waals surface area contributed by atoms with E-state index in [1.54, 1.807) is 12.3 Å². The van der Waals surface area contributed by atoms with E-state index in [0.29, 0.717) is 18.1 Å². The van der Waals surface area contributed by atoms with Gasteiger partial charge in [-0.3, -0.25) is 4.90 Å². The second kappa shape index (κ2) is 7.87. The number of likely N-dealkylation sites (N-methyl/N-ethyl adjacent to an activating group) is 1. The smallest absolute Gasteiger partial charge is 0.315 e. The first-order valence-corrected chi connectivity index (χ1v) is 7.40. The standard InChI is InChI=1S/C16H20ClN3O2/c1-20(2)14(15-7-4-8-22-15)11-19-16(21)18-10-12-5-3-6-13(17)9-12/h3-9,14H,10-11H2,1-2H3,(H2,18,19,21). The molecule has 2 N–H and O–H groups in total. The van der Waals surface area contributed by atoms with Crippen LogP contribution in [-0.2, 0) is 6.54 Å². The lowest BCUT2D eigenvalue weighted by Crippen LogP contribution is -2.40. The third kappa shape index (κ3) is 4.79. The number of benzene rings is 1. The molecular weight excluding hydrogens is 302 g/mol. The highest BCUT2D eigenvalue weighted by atomic mass is 35.5. The van der Waals surface area contributed by atoms with Crippen molar-refractivity contribution in [3.8, 4) is 0 Å². The van der Waals surface area contributed by atoms with Crippen molar-refractivity contribution in [3.63, 3.8) is 0 Å². The zero-order chi connectivity index (χ0) is 15.9. The van der Waals surface area contributed by atoms with E-state index in [4.69, 9.17) is 16.0 Å². The first-order valence-electron chi connectivity index (χ1n) is 7.02. The molecule has 2 rings (SSSR count). The van der Waals surface area contributed by atoms with Gasteiger partial charge in [-0.2, -0.15) is 0 Å². The van der Waals surface area contributed by atoms with E-state index >= 15 is 0 Å². The van der Waals surface area contributed by atoms with Crippen molar-refractivity contribution in [1.82, 2.24) is 15.5 Å². The van der Waals surface area contributed by atoms with Crippen LogP contribution in [0.25, 0.3) is 0 Å². The van der Waals surface area contributed by atoms with Gasteiger partial charge < -0.3 is 15.1 Å². The molecule has 1 atom stereocenters. The van der Waals surface area contributed by atoms with Gasteiger partial charge in [-0.05, 0) is 43.9 Å². The fourth-order valence-electron chi connectivity index (χ4n) is 2.10. The van der Waals surface area contributed by atoms with Crippen molar-refractivity contribution in [3.05, 3.63) is 59.0 Å². The van der Waals surface area contributed by atoms with Crippen LogP contribution in [0.15, 0.2) is 47.1 Å². The molecule has 22 heavy (non-hydrogen) atoms. The molecule has 2 amide bonds. The van der Waals surface area contributed by atoms with Crippen LogP contribution in [0, 0.1) is 0 Å². The second-order valence-electron chi connectivity index (χ2n) is 5.19. The molecule has 1 unspecified atom stereocenters. The van der Waals surface area contributed by atoms with Crippen LogP contribution in [0.3, 0.4) is 0 Å². The highest BCUT2D eigenvalue weighted by Gasteiger charge is 2.17. The highest BCUT2D eigenvalue weighted by Crippen LogP contribution is 2.17. The van der Waals surface area contributed by atoms with E-state index in [1.807, 2.05) is 49.3 Å². The Morgan fingerprint density at radius 2 is 2.09 bits per heavy atom. The number of carbonyl (C=O) groups excluding carboxylic acids is 1. The van der Waals surface area contributed by atoms with Crippen molar-refractivity contribution >= 4 is 17.6 Å². The third-order valence-electron chi connectivity index (χ3n) is 3.29. The predicted molar refractivity (Wildman–Crippen MR) is 86.8 cm³/mol. The minimum atomic E-state index is -0.224. The van der Waals surface area contributed by atoms with Gasteiger partial charge in [0.25, 0.3) is 0 Å². The third-order valence-corrected chi connectivity index (χ3v) is 3.53. The van der Waals surface area contributed by atoms with Gasteiger partial charge in [0, 0.05) is 18.1 Å². The van der Waals surface area contributed by atoms with Crippen LogP contribution in [0.1, 0.15) is 17.4 Å². The maximum atomic E-state index is 11.9. The Morgan fingerprint density at radius 1 is 1.27 bits per heavy atom. The summed E-state index contributed by atoms with van der Waals surface area (Å²) in [4.78, 5) is 13.9. The molecule has 0 spiro atoms. The quantitative estimate of drug-likeness (QED) is 0.860. The largest absolute Gasteiger partial charge is 0.468 e. The number of hydrogen-bond acceptors (Lipinski definition) is 3. The Hall–Kier alpha value is -1.98. The summed E-state index contributed by atoms with van der Waals surface area (Å²) < 4.78 is 5.40. The summed E-state index contributed by atoms with van der Waals surface area (Å²) in [5, 5.41) is 6.32. The number of hydrogen-bond donors (Lipinski definition) is 2. The van der Waals surface area contributed by atoms with E-state index < -0.39 is 0 Å². The monoisotopic (exact) mass is 321 g/mol. The van der Waals surface area contributed by atoms with Gasteiger partial charge in [0.05, 0.1) is 12.3 Å². The van der Waals surface area contributed by atoms with Gasteiger partial charge in [0.2, 0.25) is 0 Å². The molecular formula is C16H20ClN3O2. The van der Waals surface area contributed by atoms with Gasteiger partial charge in [-0.15, -0.1) is 0 Å². The normalized spacial score (nSPS) is 12.2. The van der Waals surface area contributed by atoms with E-state index in [9.17, 15) is 4.79 Å². The topological polar surface area (TPSA) is 57.5 Å². The number of nitrogens with zero attached hydrogens (tertiary/aromatic N) is 1. The molecule has 5 nitrogen and oxygen atoms in total. The van der Waals surface area contributed by atoms with Crippen LogP contribution in [0.4, 0.5) is 4.79 Å². The summed E-state index contributed by atoms with van der Waals surface area (Å²) >= 11 is 5.91. The molecule has 0 bridgehead atoms.